The molecule has 3 nitrogen and oxygen atoms in total. The molecule has 0 fully saturated rings. The molecule has 3 heteroatoms. The van der Waals surface area contributed by atoms with Crippen molar-refractivity contribution in [3.63, 3.8) is 0 Å². The van der Waals surface area contributed by atoms with Crippen molar-refractivity contribution in [3.05, 3.63) is 46.8 Å². The van der Waals surface area contributed by atoms with E-state index >= 15 is 0 Å². The van der Waals surface area contributed by atoms with Gasteiger partial charge in [-0.15, -0.1) is 0 Å². The number of hydrogen-bond acceptors (Lipinski definition) is 2. The minimum absolute atomic E-state index is 0.871. The van der Waals surface area contributed by atoms with E-state index < -0.39 is 0 Å². The van der Waals surface area contributed by atoms with Crippen LogP contribution in [0.2, 0.25) is 0 Å². The van der Waals surface area contributed by atoms with Crippen molar-refractivity contribution in [1.29, 1.82) is 0 Å². The van der Waals surface area contributed by atoms with Crippen molar-refractivity contribution in [2.75, 3.05) is 5.73 Å². The van der Waals surface area contributed by atoms with Crippen LogP contribution in [0.3, 0.4) is 0 Å². The fraction of sp³-hybridized carbons (Fsp3) is 0.308. The number of nitrogens with zero attached hydrogens (tertiary/aromatic N) is 1. The van der Waals surface area contributed by atoms with Crippen molar-refractivity contribution in [2.24, 2.45) is 0 Å². The summed E-state index contributed by atoms with van der Waals surface area (Å²) in [5, 5.41) is 7.17. The van der Waals surface area contributed by atoms with Gasteiger partial charge in [0.15, 0.2) is 0 Å². The average Bonchev–Trinajstić information content (AvgIpc) is 2.66. The number of aryl methyl sites for hydroxylation is 4. The maximum Gasteiger partial charge on any atom is 0.0628 e. The van der Waals surface area contributed by atoms with Gasteiger partial charge in [0, 0.05) is 11.4 Å². The van der Waals surface area contributed by atoms with Crippen LogP contribution < -0.4 is 5.73 Å². The second-order valence-electron chi connectivity index (χ2n) is 4.23. The van der Waals surface area contributed by atoms with E-state index in [1.165, 1.54) is 5.56 Å². The Morgan fingerprint density at radius 2 is 2.00 bits per heavy atom. The van der Waals surface area contributed by atoms with Gasteiger partial charge in [0.05, 0.1) is 5.69 Å². The lowest BCUT2D eigenvalue weighted by atomic mass is 10.1. The van der Waals surface area contributed by atoms with Crippen LogP contribution in [0.4, 0.5) is 5.69 Å². The predicted octanol–water partition coefficient (Wildman–Crippen LogP) is 2.39. The van der Waals surface area contributed by atoms with E-state index in [0.29, 0.717) is 0 Å². The topological polar surface area (TPSA) is 54.7 Å². The van der Waals surface area contributed by atoms with Gasteiger partial charge < -0.3 is 5.73 Å². The zero-order valence-corrected chi connectivity index (χ0v) is 9.75. The van der Waals surface area contributed by atoms with Crippen LogP contribution in [0.15, 0.2) is 24.3 Å². The molecule has 3 N–H and O–H groups in total. The SMILES string of the molecule is Cc1cc(CCc2ccc(C)c(N)c2)n[nH]1. The standard InChI is InChI=1S/C13H17N3/c1-9-3-4-11(8-13(9)14)5-6-12-7-10(2)15-16-12/h3-4,7-8H,5-6,14H2,1-2H3,(H,15,16). The van der Waals surface area contributed by atoms with Gasteiger partial charge in [0.25, 0.3) is 0 Å². The van der Waals surface area contributed by atoms with Crippen LogP contribution in [0.25, 0.3) is 0 Å². The molecule has 0 atom stereocenters. The third-order valence-corrected chi connectivity index (χ3v) is 2.77. The Morgan fingerprint density at radius 3 is 2.62 bits per heavy atom. The largest absolute Gasteiger partial charge is 0.399 e. The van der Waals surface area contributed by atoms with E-state index in [1.807, 2.05) is 13.8 Å². The van der Waals surface area contributed by atoms with Crippen LogP contribution >= 0.6 is 0 Å². The molecule has 0 amide bonds. The summed E-state index contributed by atoms with van der Waals surface area (Å²) in [6.07, 6.45) is 1.93. The lowest BCUT2D eigenvalue weighted by Crippen LogP contribution is -1.95. The number of benzene rings is 1. The van der Waals surface area contributed by atoms with Crippen molar-refractivity contribution in [2.45, 2.75) is 26.7 Å². The third kappa shape index (κ3) is 2.42. The number of hydrogen-bond donors (Lipinski definition) is 2. The molecule has 0 aliphatic heterocycles. The van der Waals surface area contributed by atoms with E-state index in [0.717, 1.165) is 35.5 Å². The molecule has 84 valence electrons. The van der Waals surface area contributed by atoms with Gasteiger partial charge in [-0.3, -0.25) is 5.10 Å². The molecule has 0 aliphatic rings. The minimum Gasteiger partial charge on any atom is -0.399 e. The number of anilines is 1. The Balaban J connectivity index is 2.02. The van der Waals surface area contributed by atoms with Crippen LogP contribution in [-0.4, -0.2) is 10.2 Å². The molecule has 1 aromatic carbocycles. The molecule has 0 aliphatic carbocycles. The number of nitrogens with two attached hydrogens (primary N) is 1. The molecule has 2 rings (SSSR count). The van der Waals surface area contributed by atoms with Crippen LogP contribution in [0.1, 0.15) is 22.5 Å². The maximum atomic E-state index is 5.87. The lowest BCUT2D eigenvalue weighted by molar-refractivity contribution is 0.890. The van der Waals surface area contributed by atoms with Gasteiger partial charge in [0.2, 0.25) is 0 Å². The lowest BCUT2D eigenvalue weighted by Gasteiger charge is -2.03. The van der Waals surface area contributed by atoms with E-state index in [4.69, 9.17) is 5.73 Å². The molecule has 1 heterocycles. The number of rotatable bonds is 3. The molecular formula is C13H17N3. The van der Waals surface area contributed by atoms with Crippen molar-refractivity contribution >= 4 is 5.69 Å². The highest BCUT2D eigenvalue weighted by Crippen LogP contribution is 2.14. The Kier molecular flexibility index (Phi) is 2.95. The summed E-state index contributed by atoms with van der Waals surface area (Å²) in [6.45, 7) is 4.04. The van der Waals surface area contributed by atoms with E-state index in [2.05, 4.69) is 34.5 Å². The van der Waals surface area contributed by atoms with E-state index in [-0.39, 0.29) is 0 Å². The first-order valence-corrected chi connectivity index (χ1v) is 5.51. The summed E-state index contributed by atoms with van der Waals surface area (Å²) in [5.41, 5.74) is 11.4. The molecule has 16 heavy (non-hydrogen) atoms. The average molecular weight is 215 g/mol. The molecule has 0 bridgehead atoms. The summed E-state index contributed by atoms with van der Waals surface area (Å²) >= 11 is 0. The van der Waals surface area contributed by atoms with Gasteiger partial charge in [-0.1, -0.05) is 12.1 Å². The Labute approximate surface area is 95.7 Å². The van der Waals surface area contributed by atoms with Gasteiger partial charge in [-0.25, -0.2) is 0 Å². The Bertz CT molecular complexity index is 486. The van der Waals surface area contributed by atoms with Gasteiger partial charge >= 0.3 is 0 Å². The first-order chi connectivity index (χ1) is 7.65. The molecule has 0 spiro atoms. The molecular weight excluding hydrogens is 198 g/mol. The maximum absolute atomic E-state index is 5.87. The van der Waals surface area contributed by atoms with E-state index in [1.54, 1.807) is 0 Å². The Hall–Kier alpha value is -1.77. The predicted molar refractivity (Wildman–Crippen MR) is 66.3 cm³/mol. The number of nitrogens with one attached hydrogen (secondary N) is 1. The van der Waals surface area contributed by atoms with Gasteiger partial charge in [-0.05, 0) is 49.9 Å². The summed E-state index contributed by atoms with van der Waals surface area (Å²) in [5.74, 6) is 0. The highest BCUT2D eigenvalue weighted by molar-refractivity contribution is 5.48. The Morgan fingerprint density at radius 1 is 1.19 bits per heavy atom. The highest BCUT2D eigenvalue weighted by Gasteiger charge is 2.01. The second kappa shape index (κ2) is 4.39. The molecule has 0 saturated heterocycles. The summed E-state index contributed by atoms with van der Waals surface area (Å²) in [4.78, 5) is 0. The number of aromatic amines is 1. The number of nitrogen functional groups attached to an aromatic ring is 1. The minimum atomic E-state index is 0.871. The zero-order chi connectivity index (χ0) is 11.5. The molecule has 0 saturated carbocycles. The monoisotopic (exact) mass is 215 g/mol. The van der Waals surface area contributed by atoms with Crippen LogP contribution in [0, 0.1) is 13.8 Å². The highest BCUT2D eigenvalue weighted by atomic mass is 15.1. The summed E-state index contributed by atoms with van der Waals surface area (Å²) in [7, 11) is 0. The molecule has 2 aromatic rings. The van der Waals surface area contributed by atoms with E-state index in [9.17, 15) is 0 Å². The number of H-pyrrole nitrogens is 1. The van der Waals surface area contributed by atoms with Crippen molar-refractivity contribution in [1.82, 2.24) is 10.2 Å². The van der Waals surface area contributed by atoms with Gasteiger partial charge in [0.1, 0.15) is 0 Å². The first-order valence-electron chi connectivity index (χ1n) is 5.51. The molecule has 0 unspecified atom stereocenters. The fourth-order valence-electron chi connectivity index (χ4n) is 1.72. The summed E-state index contributed by atoms with van der Waals surface area (Å²) in [6, 6.07) is 8.33. The van der Waals surface area contributed by atoms with Crippen molar-refractivity contribution < 1.29 is 0 Å². The molecule has 0 radical (unpaired) electrons. The third-order valence-electron chi connectivity index (χ3n) is 2.77. The first kappa shape index (κ1) is 10.7. The second-order valence-corrected chi connectivity index (χ2v) is 4.23. The van der Waals surface area contributed by atoms with Gasteiger partial charge in [-0.2, -0.15) is 5.10 Å². The van der Waals surface area contributed by atoms with Crippen LogP contribution in [-0.2, 0) is 12.8 Å². The smallest absolute Gasteiger partial charge is 0.0628 e. The van der Waals surface area contributed by atoms with Crippen LogP contribution in [0.5, 0.6) is 0 Å². The fourth-order valence-corrected chi connectivity index (χ4v) is 1.72. The van der Waals surface area contributed by atoms with Crippen molar-refractivity contribution in [3.8, 4) is 0 Å². The summed E-state index contributed by atoms with van der Waals surface area (Å²) < 4.78 is 0. The quantitative estimate of drug-likeness (QED) is 0.772. The zero-order valence-electron chi connectivity index (χ0n) is 9.75. The molecule has 1 aromatic heterocycles. The normalized spacial score (nSPS) is 10.6. The number of aromatic nitrogens is 2.